The Morgan fingerprint density at radius 1 is 1.21 bits per heavy atom. The molecule has 2 N–H and O–H groups in total. The van der Waals surface area contributed by atoms with Gasteiger partial charge >= 0.3 is 0 Å². The number of thiocarbonyl (C=S) groups is 1. The molecule has 19 heavy (non-hydrogen) atoms. The maximum absolute atomic E-state index is 12.4. The van der Waals surface area contributed by atoms with Crippen LogP contribution in [-0.4, -0.2) is 52.9 Å². The molecule has 0 spiro atoms. The Labute approximate surface area is 121 Å². The summed E-state index contributed by atoms with van der Waals surface area (Å²) in [7, 11) is 0. The Balaban J connectivity index is 1.90. The molecule has 2 saturated heterocycles. The van der Waals surface area contributed by atoms with E-state index >= 15 is 0 Å². The van der Waals surface area contributed by atoms with Crippen molar-refractivity contribution < 1.29 is 4.79 Å². The molecule has 2 aliphatic heterocycles. The minimum absolute atomic E-state index is 0.00556. The highest BCUT2D eigenvalue weighted by Crippen LogP contribution is 2.32. The van der Waals surface area contributed by atoms with Gasteiger partial charge in [0.25, 0.3) is 0 Å². The van der Waals surface area contributed by atoms with Gasteiger partial charge in [0.1, 0.15) is 0 Å². The Bertz CT molecular complexity index is 358. The lowest BCUT2D eigenvalue weighted by Crippen LogP contribution is -2.52. The lowest BCUT2D eigenvalue weighted by molar-refractivity contribution is -0.136. The SMILES string of the molecule is CC(C(=O)N1CCCC1)N1CCC(C)(C(N)=S)CC1. The third kappa shape index (κ3) is 3.08. The van der Waals surface area contributed by atoms with Crippen molar-refractivity contribution in [2.24, 2.45) is 11.1 Å². The summed E-state index contributed by atoms with van der Waals surface area (Å²) in [5.74, 6) is 0.288. The zero-order chi connectivity index (χ0) is 14.0. The molecule has 108 valence electrons. The number of carbonyl (C=O) groups is 1. The lowest BCUT2D eigenvalue weighted by atomic mass is 9.80. The van der Waals surface area contributed by atoms with E-state index in [1.807, 2.05) is 11.8 Å². The molecule has 2 rings (SSSR count). The van der Waals surface area contributed by atoms with Gasteiger partial charge in [-0.05, 0) is 45.7 Å². The molecule has 0 bridgehead atoms. The number of rotatable bonds is 3. The molecule has 0 aliphatic carbocycles. The highest BCUT2D eigenvalue weighted by atomic mass is 32.1. The van der Waals surface area contributed by atoms with Gasteiger partial charge in [0.05, 0.1) is 11.0 Å². The second-order valence-electron chi connectivity index (χ2n) is 6.17. The lowest BCUT2D eigenvalue weighted by Gasteiger charge is -2.41. The molecule has 1 atom stereocenters. The quantitative estimate of drug-likeness (QED) is 0.795. The molecule has 4 nitrogen and oxygen atoms in total. The summed E-state index contributed by atoms with van der Waals surface area (Å²) in [6.07, 6.45) is 4.22. The van der Waals surface area contributed by atoms with Crippen LogP contribution in [0.3, 0.4) is 0 Å². The minimum Gasteiger partial charge on any atom is -0.393 e. The zero-order valence-electron chi connectivity index (χ0n) is 12.0. The molecule has 0 saturated carbocycles. The van der Waals surface area contributed by atoms with Crippen molar-refractivity contribution in [1.82, 2.24) is 9.80 Å². The molecule has 2 heterocycles. The van der Waals surface area contributed by atoms with Gasteiger partial charge in [-0.25, -0.2) is 0 Å². The first-order valence-corrected chi connectivity index (χ1v) is 7.68. The van der Waals surface area contributed by atoms with E-state index in [-0.39, 0.29) is 17.4 Å². The zero-order valence-corrected chi connectivity index (χ0v) is 12.8. The first-order valence-electron chi connectivity index (χ1n) is 7.27. The summed E-state index contributed by atoms with van der Waals surface area (Å²) < 4.78 is 0. The normalized spacial score (nSPS) is 25.3. The fourth-order valence-electron chi connectivity index (χ4n) is 3.01. The third-order valence-electron chi connectivity index (χ3n) is 4.82. The molecule has 1 amide bonds. The fraction of sp³-hybridized carbons (Fsp3) is 0.857. The van der Waals surface area contributed by atoms with Gasteiger partial charge in [0, 0.05) is 18.5 Å². The van der Waals surface area contributed by atoms with E-state index in [1.165, 1.54) is 0 Å². The van der Waals surface area contributed by atoms with Crippen molar-refractivity contribution in [3.63, 3.8) is 0 Å². The average Bonchev–Trinajstić information content (AvgIpc) is 2.91. The van der Waals surface area contributed by atoms with Gasteiger partial charge in [0.15, 0.2) is 0 Å². The molecule has 1 unspecified atom stereocenters. The van der Waals surface area contributed by atoms with Crippen molar-refractivity contribution in [3.05, 3.63) is 0 Å². The smallest absolute Gasteiger partial charge is 0.239 e. The maximum Gasteiger partial charge on any atom is 0.239 e. The molecular formula is C14H25N3OS. The number of likely N-dealkylation sites (tertiary alicyclic amines) is 2. The monoisotopic (exact) mass is 283 g/mol. The standard InChI is InChI=1S/C14H25N3OS/c1-11(12(18)17-7-3-4-8-17)16-9-5-14(2,6-10-16)13(15)19/h11H,3-10H2,1-2H3,(H2,15,19). The number of nitrogens with two attached hydrogens (primary N) is 1. The molecule has 0 aromatic heterocycles. The predicted octanol–water partition coefficient (Wildman–Crippen LogP) is 1.39. The van der Waals surface area contributed by atoms with Gasteiger partial charge in [-0.1, -0.05) is 19.1 Å². The van der Waals surface area contributed by atoms with Gasteiger partial charge in [-0.3, -0.25) is 9.69 Å². The Morgan fingerprint density at radius 3 is 2.21 bits per heavy atom. The second-order valence-corrected chi connectivity index (χ2v) is 6.61. The second kappa shape index (κ2) is 5.75. The average molecular weight is 283 g/mol. The van der Waals surface area contributed by atoms with Crippen LogP contribution in [0.5, 0.6) is 0 Å². The number of amides is 1. The first-order chi connectivity index (χ1) is 8.94. The van der Waals surface area contributed by atoms with E-state index in [4.69, 9.17) is 18.0 Å². The molecular weight excluding hydrogens is 258 g/mol. The maximum atomic E-state index is 12.4. The fourth-order valence-corrected chi connectivity index (χ4v) is 3.21. The minimum atomic E-state index is -0.0256. The van der Waals surface area contributed by atoms with Crippen LogP contribution >= 0.6 is 12.2 Å². The summed E-state index contributed by atoms with van der Waals surface area (Å²) >= 11 is 5.16. The molecule has 0 aromatic carbocycles. The van der Waals surface area contributed by atoms with Gasteiger partial charge < -0.3 is 10.6 Å². The largest absolute Gasteiger partial charge is 0.393 e. The molecule has 2 aliphatic rings. The van der Waals surface area contributed by atoms with E-state index < -0.39 is 0 Å². The Hall–Kier alpha value is -0.680. The third-order valence-corrected chi connectivity index (χ3v) is 5.31. The topological polar surface area (TPSA) is 49.6 Å². The summed E-state index contributed by atoms with van der Waals surface area (Å²) in [6, 6.07) is -0.00556. The predicted molar refractivity (Wildman–Crippen MR) is 81.0 cm³/mol. The van der Waals surface area contributed by atoms with Gasteiger partial charge in [0.2, 0.25) is 5.91 Å². The number of carbonyl (C=O) groups excluding carboxylic acids is 1. The van der Waals surface area contributed by atoms with Crippen LogP contribution in [0.15, 0.2) is 0 Å². The molecule has 5 heteroatoms. The van der Waals surface area contributed by atoms with E-state index in [1.54, 1.807) is 0 Å². The summed E-state index contributed by atoms with van der Waals surface area (Å²) in [5, 5.41) is 0. The van der Waals surface area contributed by atoms with Crippen LogP contribution < -0.4 is 5.73 Å². The Morgan fingerprint density at radius 2 is 1.74 bits per heavy atom. The van der Waals surface area contributed by atoms with Crippen LogP contribution in [0.4, 0.5) is 0 Å². The van der Waals surface area contributed by atoms with E-state index in [0.29, 0.717) is 4.99 Å². The van der Waals surface area contributed by atoms with E-state index in [0.717, 1.165) is 51.9 Å². The number of hydrogen-bond acceptors (Lipinski definition) is 3. The highest BCUT2D eigenvalue weighted by Gasteiger charge is 2.36. The van der Waals surface area contributed by atoms with Crippen LogP contribution in [0.25, 0.3) is 0 Å². The van der Waals surface area contributed by atoms with Crippen molar-refractivity contribution in [1.29, 1.82) is 0 Å². The highest BCUT2D eigenvalue weighted by molar-refractivity contribution is 7.80. The van der Waals surface area contributed by atoms with Crippen LogP contribution in [0, 0.1) is 5.41 Å². The van der Waals surface area contributed by atoms with Gasteiger partial charge in [-0.2, -0.15) is 0 Å². The van der Waals surface area contributed by atoms with Crippen LogP contribution in [0.2, 0.25) is 0 Å². The Kier molecular flexibility index (Phi) is 4.46. The number of hydrogen-bond donors (Lipinski definition) is 1. The molecule has 2 fully saturated rings. The van der Waals surface area contributed by atoms with Crippen molar-refractivity contribution in [2.75, 3.05) is 26.2 Å². The summed E-state index contributed by atoms with van der Waals surface area (Å²) in [6.45, 7) is 7.86. The summed E-state index contributed by atoms with van der Waals surface area (Å²) in [4.78, 5) is 17.3. The molecule has 0 radical (unpaired) electrons. The number of nitrogens with zero attached hydrogens (tertiary/aromatic N) is 2. The van der Waals surface area contributed by atoms with Crippen molar-refractivity contribution >= 4 is 23.1 Å². The van der Waals surface area contributed by atoms with E-state index in [2.05, 4.69) is 11.8 Å². The first kappa shape index (κ1) is 14.7. The van der Waals surface area contributed by atoms with E-state index in [9.17, 15) is 4.79 Å². The molecule has 0 aromatic rings. The van der Waals surface area contributed by atoms with Gasteiger partial charge in [-0.15, -0.1) is 0 Å². The van der Waals surface area contributed by atoms with Crippen molar-refractivity contribution in [3.8, 4) is 0 Å². The summed E-state index contributed by atoms with van der Waals surface area (Å²) in [5.41, 5.74) is 5.79. The van der Waals surface area contributed by atoms with Crippen LogP contribution in [0.1, 0.15) is 39.5 Å². The van der Waals surface area contributed by atoms with Crippen molar-refractivity contribution in [2.45, 2.75) is 45.6 Å². The van der Waals surface area contributed by atoms with Crippen LogP contribution in [-0.2, 0) is 4.79 Å². The number of piperidine rings is 1.